The van der Waals surface area contributed by atoms with Crippen LogP contribution < -0.4 is 10.9 Å². The van der Waals surface area contributed by atoms with Crippen LogP contribution >= 0.6 is 0 Å². The molecule has 1 aromatic carbocycles. The summed E-state index contributed by atoms with van der Waals surface area (Å²) >= 11 is 0. The van der Waals surface area contributed by atoms with Gasteiger partial charge in [-0.2, -0.15) is 0 Å². The van der Waals surface area contributed by atoms with Crippen molar-refractivity contribution in [1.82, 2.24) is 20.8 Å². The zero-order chi connectivity index (χ0) is 20.1. The number of nitrogens with zero attached hydrogens (tertiary/aromatic N) is 2. The van der Waals surface area contributed by atoms with Gasteiger partial charge in [0.05, 0.1) is 11.3 Å². The smallest absolute Gasteiger partial charge is 0.267 e. The first kappa shape index (κ1) is 19.2. The van der Waals surface area contributed by atoms with Gasteiger partial charge >= 0.3 is 0 Å². The van der Waals surface area contributed by atoms with E-state index in [0.29, 0.717) is 11.1 Å². The van der Waals surface area contributed by atoms with Crippen molar-refractivity contribution >= 4 is 11.8 Å². The number of carbonyl (C=O) groups excluding carboxylic acids is 2. The topological polar surface area (TPSA) is 84.0 Å². The minimum atomic E-state index is -0.437. The lowest BCUT2D eigenvalue weighted by atomic mass is 9.87. The third kappa shape index (κ3) is 4.59. The molecular weight excluding hydrogens is 352 g/mol. The molecule has 2 N–H and O–H groups in total. The minimum Gasteiger partial charge on any atom is -0.267 e. The number of rotatable bonds is 3. The third-order valence-electron chi connectivity index (χ3n) is 4.30. The molecule has 0 aliphatic carbocycles. The van der Waals surface area contributed by atoms with Crippen LogP contribution in [0.1, 0.15) is 47.1 Å². The van der Waals surface area contributed by atoms with Crippen molar-refractivity contribution in [2.24, 2.45) is 0 Å². The average molecular weight is 374 g/mol. The van der Waals surface area contributed by atoms with Gasteiger partial charge in [0.25, 0.3) is 11.8 Å². The Kier molecular flexibility index (Phi) is 5.49. The number of benzene rings is 1. The van der Waals surface area contributed by atoms with E-state index in [9.17, 15) is 9.59 Å². The summed E-state index contributed by atoms with van der Waals surface area (Å²) in [5.41, 5.74) is 8.45. The van der Waals surface area contributed by atoms with Crippen LogP contribution in [0.2, 0.25) is 0 Å². The first-order valence-electron chi connectivity index (χ1n) is 8.92. The monoisotopic (exact) mass is 374 g/mol. The summed E-state index contributed by atoms with van der Waals surface area (Å²) in [6, 6.07) is 14.4. The number of carbonyl (C=O) groups is 2. The molecule has 2 heterocycles. The molecule has 142 valence electrons. The Labute approximate surface area is 164 Å². The maximum Gasteiger partial charge on any atom is 0.271 e. The molecule has 3 rings (SSSR count). The Morgan fingerprint density at radius 3 is 1.89 bits per heavy atom. The van der Waals surface area contributed by atoms with Crippen molar-refractivity contribution in [2.45, 2.75) is 26.2 Å². The molecule has 28 heavy (non-hydrogen) atoms. The van der Waals surface area contributed by atoms with Crippen molar-refractivity contribution in [1.29, 1.82) is 0 Å². The zero-order valence-corrected chi connectivity index (χ0v) is 16.1. The second-order valence-electron chi connectivity index (χ2n) is 7.40. The molecule has 3 aromatic rings. The summed E-state index contributed by atoms with van der Waals surface area (Å²) in [6.07, 6.45) is 4.83. The highest BCUT2D eigenvalue weighted by atomic mass is 16.2. The fraction of sp³-hybridized carbons (Fsp3) is 0.182. The van der Waals surface area contributed by atoms with Crippen molar-refractivity contribution in [2.75, 3.05) is 0 Å². The summed E-state index contributed by atoms with van der Waals surface area (Å²) in [5.74, 6) is -0.816. The van der Waals surface area contributed by atoms with Gasteiger partial charge in [0, 0.05) is 29.7 Å². The molecule has 6 nitrogen and oxygen atoms in total. The van der Waals surface area contributed by atoms with E-state index in [1.807, 2.05) is 24.3 Å². The first-order chi connectivity index (χ1) is 13.3. The lowest BCUT2D eigenvalue weighted by Crippen LogP contribution is -2.41. The summed E-state index contributed by atoms with van der Waals surface area (Å²) in [7, 11) is 0. The highest BCUT2D eigenvalue weighted by molar-refractivity contribution is 5.99. The molecule has 0 fully saturated rings. The molecule has 0 unspecified atom stereocenters. The Morgan fingerprint density at radius 2 is 1.36 bits per heavy atom. The lowest BCUT2D eigenvalue weighted by Gasteiger charge is -2.19. The molecule has 6 heteroatoms. The Balaban J connectivity index is 1.60. The van der Waals surface area contributed by atoms with Gasteiger partial charge in [-0.15, -0.1) is 0 Å². The maximum atomic E-state index is 12.2. The van der Waals surface area contributed by atoms with Crippen molar-refractivity contribution < 1.29 is 9.59 Å². The van der Waals surface area contributed by atoms with Crippen LogP contribution in [0.25, 0.3) is 11.3 Å². The van der Waals surface area contributed by atoms with Crippen molar-refractivity contribution in [3.05, 3.63) is 83.8 Å². The number of pyridine rings is 2. The summed E-state index contributed by atoms with van der Waals surface area (Å²) in [4.78, 5) is 32.7. The predicted octanol–water partition coefficient (Wildman–Crippen LogP) is 3.52. The van der Waals surface area contributed by atoms with Gasteiger partial charge in [-0.25, -0.2) is 0 Å². The summed E-state index contributed by atoms with van der Waals surface area (Å²) in [5, 5.41) is 0. The van der Waals surface area contributed by atoms with Crippen molar-refractivity contribution in [3.8, 4) is 11.3 Å². The highest BCUT2D eigenvalue weighted by Gasteiger charge is 2.15. The van der Waals surface area contributed by atoms with Crippen LogP contribution in [0.5, 0.6) is 0 Å². The van der Waals surface area contributed by atoms with Gasteiger partial charge in [0.2, 0.25) is 0 Å². The van der Waals surface area contributed by atoms with Crippen molar-refractivity contribution in [3.63, 3.8) is 0 Å². The highest BCUT2D eigenvalue weighted by Crippen LogP contribution is 2.22. The van der Waals surface area contributed by atoms with E-state index in [4.69, 9.17) is 0 Å². The zero-order valence-electron chi connectivity index (χ0n) is 16.1. The SMILES string of the molecule is CC(C)(C)c1ccc(C(=O)NNC(=O)c2ccc(-c3ccncc3)nc2)cc1. The van der Waals surface area contributed by atoms with Gasteiger partial charge in [0.15, 0.2) is 0 Å². The molecule has 0 aliphatic rings. The standard InChI is InChI=1S/C22H22N4O2/c1-22(2,3)18-7-4-16(5-8-18)20(27)25-26-21(28)17-6-9-19(24-14-17)15-10-12-23-13-11-15/h4-14H,1-3H3,(H,25,27)(H,26,28). The van der Waals surface area contributed by atoms with Crippen LogP contribution in [-0.4, -0.2) is 21.8 Å². The fourth-order valence-corrected chi connectivity index (χ4v) is 2.60. The number of aromatic nitrogens is 2. The number of hydrogen-bond donors (Lipinski definition) is 2. The van der Waals surface area contributed by atoms with E-state index in [0.717, 1.165) is 16.8 Å². The van der Waals surface area contributed by atoms with Gasteiger partial charge in [-0.05, 0) is 47.4 Å². The molecule has 0 bridgehead atoms. The van der Waals surface area contributed by atoms with Crippen LogP contribution in [0.15, 0.2) is 67.1 Å². The predicted molar refractivity (Wildman–Crippen MR) is 108 cm³/mol. The molecular formula is C22H22N4O2. The quantitative estimate of drug-likeness (QED) is 0.687. The molecule has 0 saturated heterocycles. The molecule has 0 aliphatic heterocycles. The normalized spacial score (nSPS) is 11.0. The van der Waals surface area contributed by atoms with E-state index < -0.39 is 5.91 Å². The van der Waals surface area contributed by atoms with Gasteiger partial charge in [-0.1, -0.05) is 32.9 Å². The number of nitrogens with one attached hydrogen (secondary N) is 2. The van der Waals surface area contributed by atoms with Gasteiger partial charge < -0.3 is 0 Å². The van der Waals surface area contributed by atoms with Crippen LogP contribution in [0, 0.1) is 0 Å². The fourth-order valence-electron chi connectivity index (χ4n) is 2.60. The molecule has 0 saturated carbocycles. The number of hydrazine groups is 1. The minimum absolute atomic E-state index is 0.0125. The molecule has 2 amide bonds. The van der Waals surface area contributed by atoms with Crippen LogP contribution in [0.4, 0.5) is 0 Å². The van der Waals surface area contributed by atoms with E-state index in [-0.39, 0.29) is 11.3 Å². The largest absolute Gasteiger partial charge is 0.271 e. The second kappa shape index (κ2) is 8.00. The molecule has 0 atom stereocenters. The van der Waals surface area contributed by atoms with Gasteiger partial charge in [-0.3, -0.25) is 30.4 Å². The summed E-state index contributed by atoms with van der Waals surface area (Å²) in [6.45, 7) is 6.32. The molecule has 2 aromatic heterocycles. The van der Waals surface area contributed by atoms with Crippen LogP contribution in [-0.2, 0) is 5.41 Å². The van der Waals surface area contributed by atoms with E-state index >= 15 is 0 Å². The molecule has 0 radical (unpaired) electrons. The average Bonchev–Trinajstić information content (AvgIpc) is 2.72. The maximum absolute atomic E-state index is 12.2. The van der Waals surface area contributed by atoms with E-state index in [1.165, 1.54) is 6.20 Å². The third-order valence-corrected chi connectivity index (χ3v) is 4.30. The first-order valence-corrected chi connectivity index (χ1v) is 8.92. The second-order valence-corrected chi connectivity index (χ2v) is 7.40. The Morgan fingerprint density at radius 1 is 0.786 bits per heavy atom. The number of hydrogen-bond acceptors (Lipinski definition) is 4. The van der Waals surface area contributed by atoms with Gasteiger partial charge in [0.1, 0.15) is 0 Å². The number of amides is 2. The Bertz CT molecular complexity index is 960. The summed E-state index contributed by atoms with van der Waals surface area (Å²) < 4.78 is 0. The Hall–Kier alpha value is -3.54. The molecule has 0 spiro atoms. The van der Waals surface area contributed by atoms with E-state index in [2.05, 4.69) is 41.6 Å². The van der Waals surface area contributed by atoms with Crippen LogP contribution in [0.3, 0.4) is 0 Å². The van der Waals surface area contributed by atoms with E-state index in [1.54, 1.807) is 36.7 Å². The lowest BCUT2D eigenvalue weighted by molar-refractivity contribution is 0.0846.